The Morgan fingerprint density at radius 2 is 1.69 bits per heavy atom. The van der Waals surface area contributed by atoms with Crippen LogP contribution in [0.4, 0.5) is 0 Å². The van der Waals surface area contributed by atoms with E-state index in [1.165, 1.54) is 5.56 Å². The van der Waals surface area contributed by atoms with Crippen LogP contribution in [-0.4, -0.2) is 70.8 Å². The van der Waals surface area contributed by atoms with Crippen LogP contribution in [0.25, 0.3) is 0 Å². The highest BCUT2D eigenvalue weighted by atomic mass is 16.2. The maximum atomic E-state index is 12.9. The summed E-state index contributed by atoms with van der Waals surface area (Å²) in [6.07, 6.45) is 4.83. The number of amides is 2. The zero-order valence-electron chi connectivity index (χ0n) is 16.7. The van der Waals surface area contributed by atoms with Gasteiger partial charge >= 0.3 is 0 Å². The van der Waals surface area contributed by atoms with Gasteiger partial charge in [-0.1, -0.05) is 30.3 Å². The second kappa shape index (κ2) is 9.18. The van der Waals surface area contributed by atoms with Crippen molar-refractivity contribution in [2.75, 3.05) is 39.3 Å². The number of piperazine rings is 1. The third-order valence-electron chi connectivity index (χ3n) is 5.93. The van der Waals surface area contributed by atoms with Crippen LogP contribution >= 0.6 is 0 Å². The van der Waals surface area contributed by atoms with Gasteiger partial charge in [-0.3, -0.25) is 19.5 Å². The molecule has 0 N–H and O–H groups in total. The van der Waals surface area contributed by atoms with E-state index >= 15 is 0 Å². The van der Waals surface area contributed by atoms with Gasteiger partial charge in [0.25, 0.3) is 0 Å². The lowest BCUT2D eigenvalue weighted by molar-refractivity contribution is -0.137. The maximum Gasteiger partial charge on any atom is 0.228 e. The quantitative estimate of drug-likeness (QED) is 0.753. The first-order chi connectivity index (χ1) is 14.2. The third kappa shape index (κ3) is 5.01. The number of benzene rings is 1. The molecular formula is C23H28N4O2. The van der Waals surface area contributed by atoms with E-state index in [-0.39, 0.29) is 17.7 Å². The molecule has 0 radical (unpaired) electrons. The standard InChI is InChI=1S/C23H28N4O2/c28-22-16-21(18-27(22)17-20-6-9-24-10-7-20)23(29)26-14-12-25(13-15-26)11-8-19-4-2-1-3-5-19/h1-7,9-10,21H,8,11-18H2. The molecule has 1 unspecified atom stereocenters. The molecule has 4 rings (SSSR count). The summed E-state index contributed by atoms with van der Waals surface area (Å²) in [5.74, 6) is 0.000142. The largest absolute Gasteiger partial charge is 0.340 e. The normalized spacial score (nSPS) is 20.3. The topological polar surface area (TPSA) is 56.8 Å². The summed E-state index contributed by atoms with van der Waals surface area (Å²) >= 11 is 0. The lowest BCUT2D eigenvalue weighted by Crippen LogP contribution is -2.50. The van der Waals surface area contributed by atoms with Gasteiger partial charge in [0.15, 0.2) is 0 Å². The van der Waals surface area contributed by atoms with Crippen molar-refractivity contribution >= 4 is 11.8 Å². The minimum Gasteiger partial charge on any atom is -0.340 e. The number of carbonyl (C=O) groups is 2. The monoisotopic (exact) mass is 392 g/mol. The summed E-state index contributed by atoms with van der Waals surface area (Å²) < 4.78 is 0. The molecule has 0 bridgehead atoms. The zero-order valence-corrected chi connectivity index (χ0v) is 16.7. The molecule has 1 aromatic carbocycles. The van der Waals surface area contributed by atoms with Crippen molar-refractivity contribution < 1.29 is 9.59 Å². The molecule has 1 atom stereocenters. The first-order valence-corrected chi connectivity index (χ1v) is 10.4. The van der Waals surface area contributed by atoms with E-state index in [1.54, 1.807) is 17.3 Å². The zero-order chi connectivity index (χ0) is 20.1. The van der Waals surface area contributed by atoms with Crippen molar-refractivity contribution in [2.24, 2.45) is 5.92 Å². The number of likely N-dealkylation sites (tertiary alicyclic amines) is 1. The first kappa shape index (κ1) is 19.6. The van der Waals surface area contributed by atoms with Gasteiger partial charge in [0, 0.05) is 64.6 Å². The highest BCUT2D eigenvalue weighted by Crippen LogP contribution is 2.22. The van der Waals surface area contributed by atoms with Crippen LogP contribution in [0.1, 0.15) is 17.5 Å². The Morgan fingerprint density at radius 3 is 2.41 bits per heavy atom. The molecular weight excluding hydrogens is 364 g/mol. The van der Waals surface area contributed by atoms with E-state index < -0.39 is 0 Å². The number of hydrogen-bond donors (Lipinski definition) is 0. The molecule has 0 saturated carbocycles. The summed E-state index contributed by atoms with van der Waals surface area (Å²) in [7, 11) is 0. The molecule has 2 aliphatic rings. The van der Waals surface area contributed by atoms with Crippen molar-refractivity contribution in [2.45, 2.75) is 19.4 Å². The van der Waals surface area contributed by atoms with Crippen molar-refractivity contribution in [1.29, 1.82) is 0 Å². The molecule has 2 saturated heterocycles. The van der Waals surface area contributed by atoms with E-state index in [1.807, 2.05) is 23.1 Å². The number of carbonyl (C=O) groups excluding carboxylic acids is 2. The molecule has 2 amide bonds. The summed E-state index contributed by atoms with van der Waals surface area (Å²) in [5, 5.41) is 0. The van der Waals surface area contributed by atoms with Crippen molar-refractivity contribution in [1.82, 2.24) is 19.7 Å². The molecule has 29 heavy (non-hydrogen) atoms. The number of pyridine rings is 1. The van der Waals surface area contributed by atoms with Gasteiger partial charge < -0.3 is 9.80 Å². The van der Waals surface area contributed by atoms with Crippen LogP contribution in [0.5, 0.6) is 0 Å². The summed E-state index contributed by atoms with van der Waals surface area (Å²) in [6.45, 7) is 5.41. The fraction of sp³-hybridized carbons (Fsp3) is 0.435. The smallest absolute Gasteiger partial charge is 0.228 e. The average molecular weight is 393 g/mol. The minimum absolute atomic E-state index is 0.0710. The number of nitrogens with zero attached hydrogens (tertiary/aromatic N) is 4. The lowest BCUT2D eigenvalue weighted by Gasteiger charge is -2.36. The third-order valence-corrected chi connectivity index (χ3v) is 5.93. The molecule has 1 aromatic heterocycles. The van der Waals surface area contributed by atoms with Gasteiger partial charge in [0.1, 0.15) is 0 Å². The van der Waals surface area contributed by atoms with Crippen molar-refractivity contribution in [3.8, 4) is 0 Å². The van der Waals surface area contributed by atoms with Crippen LogP contribution in [-0.2, 0) is 22.6 Å². The van der Waals surface area contributed by atoms with Crippen LogP contribution < -0.4 is 0 Å². The minimum atomic E-state index is -0.208. The Balaban J connectivity index is 1.24. The second-order valence-electron chi connectivity index (χ2n) is 7.93. The number of aromatic nitrogens is 1. The Hall–Kier alpha value is -2.73. The van der Waals surface area contributed by atoms with Gasteiger partial charge in [-0.2, -0.15) is 0 Å². The average Bonchev–Trinajstić information content (AvgIpc) is 3.14. The van der Waals surface area contributed by atoms with Gasteiger partial charge in [0.05, 0.1) is 5.92 Å². The predicted molar refractivity (Wildman–Crippen MR) is 111 cm³/mol. The van der Waals surface area contributed by atoms with Crippen molar-refractivity contribution in [3.63, 3.8) is 0 Å². The highest BCUT2D eigenvalue weighted by molar-refractivity contribution is 5.89. The van der Waals surface area contributed by atoms with E-state index in [2.05, 4.69) is 34.1 Å². The van der Waals surface area contributed by atoms with Crippen molar-refractivity contribution in [3.05, 3.63) is 66.0 Å². The first-order valence-electron chi connectivity index (χ1n) is 10.4. The van der Waals surface area contributed by atoms with Gasteiger partial charge in [-0.25, -0.2) is 0 Å². The fourth-order valence-electron chi connectivity index (χ4n) is 4.18. The van der Waals surface area contributed by atoms with Gasteiger partial charge in [0.2, 0.25) is 11.8 Å². The second-order valence-corrected chi connectivity index (χ2v) is 7.93. The Morgan fingerprint density at radius 1 is 0.966 bits per heavy atom. The van der Waals surface area contributed by atoms with Crippen LogP contribution in [0.3, 0.4) is 0 Å². The molecule has 3 heterocycles. The molecule has 152 valence electrons. The molecule has 0 spiro atoms. The Kier molecular flexibility index (Phi) is 6.20. The van der Waals surface area contributed by atoms with Crippen LogP contribution in [0.2, 0.25) is 0 Å². The van der Waals surface area contributed by atoms with Crippen LogP contribution in [0, 0.1) is 5.92 Å². The Labute approximate surface area is 172 Å². The lowest BCUT2D eigenvalue weighted by atomic mass is 10.1. The highest BCUT2D eigenvalue weighted by Gasteiger charge is 2.37. The predicted octanol–water partition coefficient (Wildman–Crippen LogP) is 1.82. The summed E-state index contributed by atoms with van der Waals surface area (Å²) in [4.78, 5) is 35.5. The SMILES string of the molecule is O=C1CC(C(=O)N2CCN(CCc3ccccc3)CC2)CN1Cc1ccncc1. The van der Waals surface area contributed by atoms with E-state index in [9.17, 15) is 9.59 Å². The van der Waals surface area contributed by atoms with E-state index in [4.69, 9.17) is 0 Å². The molecule has 0 aliphatic carbocycles. The summed E-state index contributed by atoms with van der Waals surface area (Å²) in [5.41, 5.74) is 2.40. The van der Waals surface area contributed by atoms with Crippen LogP contribution in [0.15, 0.2) is 54.9 Å². The number of hydrogen-bond acceptors (Lipinski definition) is 4. The molecule has 6 heteroatoms. The maximum absolute atomic E-state index is 12.9. The molecule has 2 aromatic rings. The van der Waals surface area contributed by atoms with E-state index in [0.717, 1.165) is 44.7 Å². The number of rotatable bonds is 6. The molecule has 2 aliphatic heterocycles. The fourth-order valence-corrected chi connectivity index (χ4v) is 4.18. The molecule has 2 fully saturated rings. The molecule has 6 nitrogen and oxygen atoms in total. The van der Waals surface area contributed by atoms with Gasteiger partial charge in [-0.15, -0.1) is 0 Å². The summed E-state index contributed by atoms with van der Waals surface area (Å²) in [6, 6.07) is 14.3. The Bertz CT molecular complexity index is 819. The van der Waals surface area contributed by atoms with E-state index in [0.29, 0.717) is 19.5 Å². The van der Waals surface area contributed by atoms with Gasteiger partial charge in [-0.05, 0) is 29.7 Å².